The van der Waals surface area contributed by atoms with Crippen molar-refractivity contribution in [1.82, 2.24) is 5.32 Å². The summed E-state index contributed by atoms with van der Waals surface area (Å²) in [6.45, 7) is 3.87. The minimum atomic E-state index is -3.15. The van der Waals surface area contributed by atoms with Gasteiger partial charge in [-0.15, -0.1) is 0 Å². The molecule has 3 nitrogen and oxygen atoms in total. The zero-order chi connectivity index (χ0) is 14.8. The van der Waals surface area contributed by atoms with Crippen molar-refractivity contribution in [2.45, 2.75) is 50.5 Å². The Kier molecular flexibility index (Phi) is 4.86. The van der Waals surface area contributed by atoms with Gasteiger partial charge >= 0.3 is 0 Å². The van der Waals surface area contributed by atoms with Gasteiger partial charge in [-0.25, -0.2) is 8.42 Å². The second-order valence-electron chi connectivity index (χ2n) is 5.96. The van der Waals surface area contributed by atoms with Crippen LogP contribution in [0.1, 0.15) is 36.8 Å². The van der Waals surface area contributed by atoms with E-state index in [4.69, 9.17) is 0 Å². The molecule has 1 aromatic carbocycles. The molecule has 0 amide bonds. The number of rotatable bonds is 5. The molecular weight excluding hydrogens is 270 g/mol. The van der Waals surface area contributed by atoms with Crippen LogP contribution in [0.15, 0.2) is 23.1 Å². The number of benzene rings is 1. The molecule has 2 unspecified atom stereocenters. The first-order chi connectivity index (χ1) is 9.44. The molecule has 20 heavy (non-hydrogen) atoms. The van der Waals surface area contributed by atoms with Crippen LogP contribution < -0.4 is 5.32 Å². The van der Waals surface area contributed by atoms with Gasteiger partial charge in [0, 0.05) is 6.04 Å². The van der Waals surface area contributed by atoms with Crippen LogP contribution >= 0.6 is 0 Å². The standard InChI is InChI=1S/C16H25NO2S/c1-12-7-8-16(13(2)11-12)20(18,19)10-9-14-5-4-6-15(14)17-3/h7-8,11,14-15,17H,4-6,9-10H2,1-3H3. The highest BCUT2D eigenvalue weighted by atomic mass is 32.2. The van der Waals surface area contributed by atoms with Crippen molar-refractivity contribution in [1.29, 1.82) is 0 Å². The topological polar surface area (TPSA) is 46.2 Å². The lowest BCUT2D eigenvalue weighted by atomic mass is 10.0. The zero-order valence-electron chi connectivity index (χ0n) is 12.6. The molecule has 1 N–H and O–H groups in total. The maximum Gasteiger partial charge on any atom is 0.178 e. The Morgan fingerprint density at radius 3 is 2.65 bits per heavy atom. The fraction of sp³-hybridized carbons (Fsp3) is 0.625. The maximum absolute atomic E-state index is 12.5. The lowest BCUT2D eigenvalue weighted by Crippen LogP contribution is -2.30. The summed E-state index contributed by atoms with van der Waals surface area (Å²) in [6, 6.07) is 6.07. The van der Waals surface area contributed by atoms with Crippen molar-refractivity contribution in [3.05, 3.63) is 29.3 Å². The molecule has 0 radical (unpaired) electrons. The van der Waals surface area contributed by atoms with E-state index >= 15 is 0 Å². The van der Waals surface area contributed by atoms with Gasteiger partial charge in [0.1, 0.15) is 0 Å². The molecule has 0 aliphatic heterocycles. The number of hydrogen-bond donors (Lipinski definition) is 1. The zero-order valence-corrected chi connectivity index (χ0v) is 13.5. The number of hydrogen-bond acceptors (Lipinski definition) is 3. The molecule has 0 saturated heterocycles. The van der Waals surface area contributed by atoms with Crippen molar-refractivity contribution in [3.63, 3.8) is 0 Å². The van der Waals surface area contributed by atoms with Gasteiger partial charge in [-0.1, -0.05) is 24.1 Å². The van der Waals surface area contributed by atoms with Gasteiger partial charge in [0.2, 0.25) is 0 Å². The first-order valence-electron chi connectivity index (χ1n) is 7.41. The van der Waals surface area contributed by atoms with Crippen molar-refractivity contribution >= 4 is 9.84 Å². The second-order valence-corrected chi connectivity index (χ2v) is 8.04. The van der Waals surface area contributed by atoms with Gasteiger partial charge < -0.3 is 5.32 Å². The summed E-state index contributed by atoms with van der Waals surface area (Å²) in [4.78, 5) is 0.502. The summed E-state index contributed by atoms with van der Waals surface area (Å²) >= 11 is 0. The molecule has 1 aliphatic rings. The highest BCUT2D eigenvalue weighted by Crippen LogP contribution is 2.29. The SMILES string of the molecule is CNC1CCCC1CCS(=O)(=O)c1ccc(C)cc1C. The third-order valence-corrected chi connectivity index (χ3v) is 6.35. The molecule has 0 heterocycles. The third-order valence-electron chi connectivity index (χ3n) is 4.45. The van der Waals surface area contributed by atoms with E-state index in [0.29, 0.717) is 16.9 Å². The molecule has 2 atom stereocenters. The highest BCUT2D eigenvalue weighted by Gasteiger charge is 2.28. The van der Waals surface area contributed by atoms with Gasteiger partial charge in [0.25, 0.3) is 0 Å². The summed E-state index contributed by atoms with van der Waals surface area (Å²) < 4.78 is 25.0. The van der Waals surface area contributed by atoms with Gasteiger partial charge in [-0.3, -0.25) is 0 Å². The van der Waals surface area contributed by atoms with Crippen molar-refractivity contribution in [2.24, 2.45) is 5.92 Å². The number of sulfone groups is 1. The smallest absolute Gasteiger partial charge is 0.178 e. The van der Waals surface area contributed by atoms with Crippen LogP contribution in [0.5, 0.6) is 0 Å². The van der Waals surface area contributed by atoms with Gasteiger partial charge in [-0.05, 0) is 57.7 Å². The highest BCUT2D eigenvalue weighted by molar-refractivity contribution is 7.91. The lowest BCUT2D eigenvalue weighted by Gasteiger charge is -2.19. The van der Waals surface area contributed by atoms with Crippen molar-refractivity contribution in [3.8, 4) is 0 Å². The van der Waals surface area contributed by atoms with E-state index in [0.717, 1.165) is 24.0 Å². The summed E-state index contributed by atoms with van der Waals surface area (Å²) in [6.07, 6.45) is 4.29. The molecule has 4 heteroatoms. The molecule has 0 spiro atoms. The van der Waals surface area contributed by atoms with E-state index in [9.17, 15) is 8.42 Å². The lowest BCUT2D eigenvalue weighted by molar-refractivity contribution is 0.414. The summed E-state index contributed by atoms with van der Waals surface area (Å²) in [5, 5.41) is 3.31. The summed E-state index contributed by atoms with van der Waals surface area (Å²) in [5.74, 6) is 0.764. The van der Waals surface area contributed by atoms with Crippen LogP contribution in [0, 0.1) is 19.8 Å². The molecule has 0 bridgehead atoms. The van der Waals surface area contributed by atoms with Crippen LogP contribution in [0.2, 0.25) is 0 Å². The molecular formula is C16H25NO2S. The Morgan fingerprint density at radius 2 is 2.00 bits per heavy atom. The van der Waals surface area contributed by atoms with Crippen LogP contribution in [-0.2, 0) is 9.84 Å². The van der Waals surface area contributed by atoms with E-state index < -0.39 is 9.84 Å². The summed E-state index contributed by atoms with van der Waals surface area (Å²) in [7, 11) is -1.18. The van der Waals surface area contributed by atoms with Crippen molar-refractivity contribution in [2.75, 3.05) is 12.8 Å². The number of nitrogens with one attached hydrogen (secondary N) is 1. The third kappa shape index (κ3) is 3.41. The van der Waals surface area contributed by atoms with E-state index in [1.165, 1.54) is 12.8 Å². The van der Waals surface area contributed by atoms with Gasteiger partial charge in [-0.2, -0.15) is 0 Å². The van der Waals surface area contributed by atoms with Crippen LogP contribution in [0.25, 0.3) is 0 Å². The number of aryl methyl sites for hydroxylation is 2. The molecule has 1 saturated carbocycles. The van der Waals surface area contributed by atoms with Crippen LogP contribution in [-0.4, -0.2) is 27.3 Å². The Balaban J connectivity index is 2.07. The average Bonchev–Trinajstić information content (AvgIpc) is 2.83. The fourth-order valence-electron chi connectivity index (χ4n) is 3.33. The first-order valence-corrected chi connectivity index (χ1v) is 9.06. The Bertz CT molecular complexity index is 566. The van der Waals surface area contributed by atoms with E-state index in [1.807, 2.05) is 33.0 Å². The van der Waals surface area contributed by atoms with Crippen molar-refractivity contribution < 1.29 is 8.42 Å². The molecule has 1 aromatic rings. The summed E-state index contributed by atoms with van der Waals surface area (Å²) in [5.41, 5.74) is 1.97. The quantitative estimate of drug-likeness (QED) is 0.908. The predicted molar refractivity (Wildman–Crippen MR) is 82.8 cm³/mol. The Morgan fingerprint density at radius 1 is 1.25 bits per heavy atom. The molecule has 1 fully saturated rings. The van der Waals surface area contributed by atoms with Crippen LogP contribution in [0.4, 0.5) is 0 Å². The second kappa shape index (κ2) is 6.27. The minimum absolute atomic E-state index is 0.264. The van der Waals surface area contributed by atoms with E-state index in [1.54, 1.807) is 6.07 Å². The molecule has 2 rings (SSSR count). The minimum Gasteiger partial charge on any atom is -0.317 e. The van der Waals surface area contributed by atoms with Gasteiger partial charge in [0.05, 0.1) is 10.6 Å². The van der Waals surface area contributed by atoms with E-state index in [-0.39, 0.29) is 5.75 Å². The monoisotopic (exact) mass is 295 g/mol. The predicted octanol–water partition coefficient (Wildman–Crippen LogP) is 2.86. The van der Waals surface area contributed by atoms with E-state index in [2.05, 4.69) is 5.32 Å². The fourth-order valence-corrected chi connectivity index (χ4v) is 4.98. The van der Waals surface area contributed by atoms with Gasteiger partial charge in [0.15, 0.2) is 9.84 Å². The maximum atomic E-state index is 12.5. The molecule has 1 aliphatic carbocycles. The normalized spacial score (nSPS) is 23.1. The van der Waals surface area contributed by atoms with Crippen LogP contribution in [0.3, 0.4) is 0 Å². The molecule has 112 valence electrons. The largest absolute Gasteiger partial charge is 0.317 e. The Labute approximate surface area is 122 Å². The molecule has 0 aromatic heterocycles. The average molecular weight is 295 g/mol. The Hall–Kier alpha value is -0.870. The first kappa shape index (κ1) is 15.5.